The minimum atomic E-state index is -0.441. The number of hydrogen-bond donors (Lipinski definition) is 0. The predicted octanol–water partition coefficient (Wildman–Crippen LogP) is 8.76. The number of rotatable bonds is 7. The van der Waals surface area contributed by atoms with Crippen LogP contribution in [-0.4, -0.2) is 35.6 Å². The molecule has 0 N–H and O–H groups in total. The normalized spacial score (nSPS) is 26.9. The minimum Gasteiger partial charge on any atom is -0.461 e. The fraction of sp³-hybridized carbons (Fsp3) is 0.359. The number of hydrogen-bond acceptors (Lipinski definition) is 3. The van der Waals surface area contributed by atoms with Gasteiger partial charge in [0.25, 0.3) is 0 Å². The second-order valence-corrected chi connectivity index (χ2v) is 12.7. The Morgan fingerprint density at radius 2 is 1.07 bits per heavy atom. The molecule has 8 rings (SSSR count). The van der Waals surface area contributed by atoms with Gasteiger partial charge in [0.05, 0.1) is 0 Å². The maximum atomic E-state index is 14.4. The predicted molar refractivity (Wildman–Crippen MR) is 176 cm³/mol. The first-order chi connectivity index (χ1) is 20.7. The summed E-state index contributed by atoms with van der Waals surface area (Å²) in [4.78, 5) is 17.2. The van der Waals surface area contributed by atoms with Gasteiger partial charge in [-0.3, -0.25) is 9.69 Å². The largest absolute Gasteiger partial charge is 0.461 e. The average Bonchev–Trinajstić information content (AvgIpc) is 3.07. The highest BCUT2D eigenvalue weighted by atomic mass is 35.5. The average molecular weight is 592 g/mol. The van der Waals surface area contributed by atoms with Crippen LogP contribution in [0.5, 0.6) is 0 Å². The van der Waals surface area contributed by atoms with Crippen molar-refractivity contribution in [1.29, 1.82) is 0 Å². The number of likely N-dealkylation sites (tertiary alicyclic amines) is 1. The van der Waals surface area contributed by atoms with Crippen molar-refractivity contribution in [1.82, 2.24) is 4.90 Å². The number of piperidine rings is 1. The molecule has 0 aromatic heterocycles. The van der Waals surface area contributed by atoms with Crippen LogP contribution in [0, 0.1) is 5.92 Å². The summed E-state index contributed by atoms with van der Waals surface area (Å²) in [6, 6.07) is 42.4. The molecule has 4 fully saturated rings. The molecule has 1 aliphatic heterocycles. The van der Waals surface area contributed by atoms with E-state index >= 15 is 0 Å². The maximum Gasteiger partial charge on any atom is 0.318 e. The Labute approximate surface area is 262 Å². The Kier molecular flexibility index (Phi) is 9.02. The van der Waals surface area contributed by atoms with Crippen LogP contribution < -0.4 is 0 Å². The van der Waals surface area contributed by atoms with E-state index in [4.69, 9.17) is 4.74 Å². The summed E-state index contributed by atoms with van der Waals surface area (Å²) in [5.74, 6) is 0.343. The molecule has 1 heterocycles. The lowest BCUT2D eigenvalue weighted by atomic mass is 9.51. The van der Waals surface area contributed by atoms with Gasteiger partial charge in [0.1, 0.15) is 12.0 Å². The number of fused-ring (bicyclic) bond motifs is 3. The van der Waals surface area contributed by atoms with E-state index in [1.54, 1.807) is 0 Å². The van der Waals surface area contributed by atoms with Gasteiger partial charge < -0.3 is 4.74 Å². The van der Waals surface area contributed by atoms with Crippen LogP contribution in [-0.2, 0) is 9.53 Å². The second kappa shape index (κ2) is 13.1. The number of benzene rings is 4. The van der Waals surface area contributed by atoms with Crippen molar-refractivity contribution in [3.05, 3.63) is 144 Å². The summed E-state index contributed by atoms with van der Waals surface area (Å²) in [5.41, 5.74) is 4.76. The summed E-state index contributed by atoms with van der Waals surface area (Å²) in [6.07, 6.45) is 6.88. The lowest BCUT2D eigenvalue weighted by Gasteiger charge is -2.62. The molecule has 3 aliphatic carbocycles. The lowest BCUT2D eigenvalue weighted by molar-refractivity contribution is -0.170. The van der Waals surface area contributed by atoms with Crippen molar-refractivity contribution in [3.8, 4) is 0 Å². The van der Waals surface area contributed by atoms with Gasteiger partial charge in [-0.15, -0.1) is 12.4 Å². The van der Waals surface area contributed by atoms with Crippen LogP contribution in [0.4, 0.5) is 0 Å². The van der Waals surface area contributed by atoms with E-state index in [-0.39, 0.29) is 35.9 Å². The SMILES string of the molecule is Cl.O=C(O[C@@H]1CC2(N3CCCCC3)C[C@@H](c3ccccc3)C1[C@H](c1ccccc1)C2)C(c1ccccc1)c1ccccc1. The second-order valence-electron chi connectivity index (χ2n) is 12.7. The van der Waals surface area contributed by atoms with Gasteiger partial charge in [-0.25, -0.2) is 0 Å². The van der Waals surface area contributed by atoms with E-state index in [2.05, 4.69) is 89.8 Å². The number of carbonyl (C=O) groups excluding carboxylic acids is 1. The van der Waals surface area contributed by atoms with Crippen LogP contribution >= 0.6 is 12.4 Å². The highest BCUT2D eigenvalue weighted by Gasteiger charge is 2.59. The molecular weight excluding hydrogens is 550 g/mol. The van der Waals surface area contributed by atoms with Crippen LogP contribution in [0.15, 0.2) is 121 Å². The van der Waals surface area contributed by atoms with Crippen LogP contribution in [0.25, 0.3) is 0 Å². The van der Waals surface area contributed by atoms with Gasteiger partial charge in [-0.1, -0.05) is 128 Å². The van der Waals surface area contributed by atoms with E-state index in [0.29, 0.717) is 11.8 Å². The van der Waals surface area contributed by atoms with Crippen molar-refractivity contribution in [2.24, 2.45) is 5.92 Å². The van der Waals surface area contributed by atoms with Crippen LogP contribution in [0.1, 0.15) is 78.5 Å². The van der Waals surface area contributed by atoms with Gasteiger partial charge in [-0.2, -0.15) is 0 Å². The van der Waals surface area contributed by atoms with E-state index in [1.807, 2.05) is 36.4 Å². The number of esters is 1. The molecule has 0 radical (unpaired) electrons. The van der Waals surface area contributed by atoms with Gasteiger partial charge in [0.2, 0.25) is 0 Å². The van der Waals surface area contributed by atoms with Gasteiger partial charge in [0.15, 0.2) is 0 Å². The Balaban J connectivity index is 0.00000329. The summed E-state index contributed by atoms with van der Waals surface area (Å²) >= 11 is 0. The number of nitrogens with zero attached hydrogens (tertiary/aromatic N) is 1. The standard InChI is InChI=1S/C39H41NO2.ClH/c41-38(36(31-20-10-3-11-21-31)32-22-12-4-13-23-32)42-35-28-39(40-24-14-5-15-25-40)26-33(29-16-6-1-7-17-29)37(35)34(27-39)30-18-8-2-9-19-30;/h1-4,6-13,16-23,33-37H,5,14-15,24-28H2;1H/t33-,34-,35+,37?,39?;/m0./s1. The smallest absolute Gasteiger partial charge is 0.318 e. The molecule has 222 valence electrons. The van der Waals surface area contributed by atoms with Crippen molar-refractivity contribution in [2.45, 2.75) is 67.9 Å². The third kappa shape index (κ3) is 5.90. The monoisotopic (exact) mass is 591 g/mol. The first-order valence-corrected chi connectivity index (χ1v) is 15.9. The summed E-state index contributed by atoms with van der Waals surface area (Å²) in [7, 11) is 0. The highest BCUT2D eigenvalue weighted by Crippen LogP contribution is 2.61. The summed E-state index contributed by atoms with van der Waals surface area (Å²) < 4.78 is 6.85. The molecule has 4 aliphatic rings. The highest BCUT2D eigenvalue weighted by molar-refractivity contribution is 5.85. The summed E-state index contributed by atoms with van der Waals surface area (Å²) in [5, 5.41) is 0. The molecule has 4 aromatic rings. The quantitative estimate of drug-likeness (QED) is 0.201. The Morgan fingerprint density at radius 3 is 1.53 bits per heavy atom. The van der Waals surface area contributed by atoms with E-state index < -0.39 is 5.92 Å². The molecule has 3 atom stereocenters. The van der Waals surface area contributed by atoms with Crippen LogP contribution in [0.2, 0.25) is 0 Å². The number of halogens is 1. The maximum absolute atomic E-state index is 14.4. The molecule has 2 bridgehead atoms. The molecule has 43 heavy (non-hydrogen) atoms. The van der Waals surface area contributed by atoms with E-state index in [1.165, 1.54) is 30.4 Å². The molecule has 0 spiro atoms. The molecule has 0 unspecified atom stereocenters. The molecule has 3 nitrogen and oxygen atoms in total. The Bertz CT molecular complexity index is 1370. The van der Waals surface area contributed by atoms with Crippen LogP contribution in [0.3, 0.4) is 0 Å². The van der Waals surface area contributed by atoms with E-state index in [0.717, 1.165) is 43.5 Å². The van der Waals surface area contributed by atoms with Gasteiger partial charge in [-0.05, 0) is 72.9 Å². The zero-order valence-electron chi connectivity index (χ0n) is 24.8. The van der Waals surface area contributed by atoms with E-state index in [9.17, 15) is 4.79 Å². The molecule has 1 saturated heterocycles. The zero-order valence-corrected chi connectivity index (χ0v) is 25.6. The Hall–Kier alpha value is -3.40. The van der Waals surface area contributed by atoms with Crippen molar-refractivity contribution >= 4 is 18.4 Å². The van der Waals surface area contributed by atoms with Crippen molar-refractivity contribution < 1.29 is 9.53 Å². The number of carbonyl (C=O) groups is 1. The first kappa shape index (κ1) is 29.7. The molecule has 0 amide bonds. The number of ether oxygens (including phenoxy) is 1. The molecule has 3 saturated carbocycles. The summed E-state index contributed by atoms with van der Waals surface area (Å²) in [6.45, 7) is 2.29. The van der Waals surface area contributed by atoms with Gasteiger partial charge in [0, 0.05) is 17.9 Å². The van der Waals surface area contributed by atoms with Gasteiger partial charge >= 0.3 is 5.97 Å². The fourth-order valence-electron chi connectivity index (χ4n) is 8.58. The third-order valence-corrected chi connectivity index (χ3v) is 10.4. The Morgan fingerprint density at radius 1 is 0.628 bits per heavy atom. The van der Waals surface area contributed by atoms with Crippen molar-refractivity contribution in [2.75, 3.05) is 13.1 Å². The minimum absolute atomic E-state index is 0. The fourth-order valence-corrected chi connectivity index (χ4v) is 8.58. The molecular formula is C39H42ClNO2. The lowest BCUT2D eigenvalue weighted by Crippen LogP contribution is -2.64. The third-order valence-electron chi connectivity index (χ3n) is 10.4. The molecule has 4 aromatic carbocycles. The first-order valence-electron chi connectivity index (χ1n) is 15.9. The topological polar surface area (TPSA) is 29.5 Å². The van der Waals surface area contributed by atoms with Crippen molar-refractivity contribution in [3.63, 3.8) is 0 Å². The molecule has 4 heteroatoms. The zero-order chi connectivity index (χ0) is 28.4.